The Labute approximate surface area is 178 Å². The van der Waals surface area contributed by atoms with Gasteiger partial charge >= 0.3 is 0 Å². The molecular formula is C22H20F2N2O4S. The van der Waals surface area contributed by atoms with Crippen LogP contribution in [0.4, 0.5) is 14.5 Å². The number of benzene rings is 3. The Hall–Kier alpha value is -3.46. The van der Waals surface area contributed by atoms with Crippen molar-refractivity contribution in [2.45, 2.75) is 11.3 Å². The minimum absolute atomic E-state index is 0.118. The van der Waals surface area contributed by atoms with E-state index in [0.717, 1.165) is 23.4 Å². The zero-order valence-electron chi connectivity index (χ0n) is 16.6. The van der Waals surface area contributed by atoms with E-state index in [1.807, 2.05) is 24.3 Å². The first-order valence-electron chi connectivity index (χ1n) is 9.27. The van der Waals surface area contributed by atoms with Crippen molar-refractivity contribution in [1.29, 1.82) is 0 Å². The molecule has 31 heavy (non-hydrogen) atoms. The standard InChI is InChI=1S/C22H20F2N2O4S/c1-30-18-7-5-15(6-8-18)11-12-25-22(27)16-3-2-4-17(13-16)26-31(28,29)19-9-10-20(23)21(24)14-19/h2-10,13-14,26H,11-12H2,1H3,(H,25,27). The van der Waals surface area contributed by atoms with Crippen LogP contribution in [0.3, 0.4) is 0 Å². The number of hydrogen-bond acceptors (Lipinski definition) is 4. The third-order valence-electron chi connectivity index (χ3n) is 4.44. The molecule has 0 saturated heterocycles. The Morgan fingerprint density at radius 2 is 1.71 bits per heavy atom. The highest BCUT2D eigenvalue weighted by Gasteiger charge is 2.17. The second-order valence-corrected chi connectivity index (χ2v) is 8.30. The number of carbonyl (C=O) groups is 1. The van der Waals surface area contributed by atoms with Crippen LogP contribution in [0.1, 0.15) is 15.9 Å². The summed E-state index contributed by atoms with van der Waals surface area (Å²) in [7, 11) is -2.57. The number of sulfonamides is 1. The Kier molecular flexibility index (Phi) is 6.86. The summed E-state index contributed by atoms with van der Waals surface area (Å²) < 4.78 is 58.6. The molecule has 0 aliphatic heterocycles. The molecule has 0 bridgehead atoms. The van der Waals surface area contributed by atoms with E-state index < -0.39 is 26.6 Å². The molecule has 0 aliphatic rings. The van der Waals surface area contributed by atoms with Crippen molar-refractivity contribution in [3.8, 4) is 5.75 Å². The van der Waals surface area contributed by atoms with Crippen molar-refractivity contribution in [2.24, 2.45) is 0 Å². The molecule has 0 heterocycles. The lowest BCUT2D eigenvalue weighted by Gasteiger charge is -2.10. The van der Waals surface area contributed by atoms with Crippen LogP contribution in [-0.4, -0.2) is 28.0 Å². The summed E-state index contributed by atoms with van der Waals surface area (Å²) in [4.78, 5) is 12.0. The predicted molar refractivity (Wildman–Crippen MR) is 113 cm³/mol. The maximum atomic E-state index is 13.4. The van der Waals surface area contributed by atoms with Gasteiger partial charge in [-0.25, -0.2) is 17.2 Å². The first-order chi connectivity index (χ1) is 14.8. The van der Waals surface area contributed by atoms with E-state index in [1.165, 1.54) is 24.3 Å². The van der Waals surface area contributed by atoms with E-state index in [9.17, 15) is 22.0 Å². The Bertz CT molecular complexity index is 1180. The number of amides is 1. The summed E-state index contributed by atoms with van der Waals surface area (Å²) >= 11 is 0. The maximum absolute atomic E-state index is 13.4. The number of carbonyl (C=O) groups excluding carboxylic acids is 1. The molecule has 1 amide bonds. The summed E-state index contributed by atoms with van der Waals surface area (Å²) in [6.45, 7) is 0.385. The van der Waals surface area contributed by atoms with E-state index in [4.69, 9.17) is 4.74 Å². The monoisotopic (exact) mass is 446 g/mol. The van der Waals surface area contributed by atoms with Gasteiger partial charge in [-0.1, -0.05) is 18.2 Å². The van der Waals surface area contributed by atoms with E-state index in [1.54, 1.807) is 7.11 Å². The van der Waals surface area contributed by atoms with Crippen molar-refractivity contribution in [3.05, 3.63) is 89.5 Å². The molecule has 0 unspecified atom stereocenters. The van der Waals surface area contributed by atoms with Gasteiger partial charge in [0.15, 0.2) is 11.6 Å². The second-order valence-electron chi connectivity index (χ2n) is 6.62. The molecule has 0 radical (unpaired) electrons. The molecule has 0 aliphatic carbocycles. The molecule has 0 saturated carbocycles. The van der Waals surface area contributed by atoms with Gasteiger partial charge in [0.1, 0.15) is 5.75 Å². The summed E-state index contributed by atoms with van der Waals surface area (Å²) in [6, 6.07) is 15.6. The third kappa shape index (κ3) is 5.79. The summed E-state index contributed by atoms with van der Waals surface area (Å²) in [5.74, 6) is -2.04. The van der Waals surface area contributed by atoms with Crippen LogP contribution in [0, 0.1) is 11.6 Å². The molecular weight excluding hydrogens is 426 g/mol. The van der Waals surface area contributed by atoms with Crippen LogP contribution < -0.4 is 14.8 Å². The molecule has 0 fully saturated rings. The lowest BCUT2D eigenvalue weighted by molar-refractivity contribution is 0.0954. The van der Waals surface area contributed by atoms with Crippen LogP contribution in [0.2, 0.25) is 0 Å². The van der Waals surface area contributed by atoms with Crippen molar-refractivity contribution < 1.29 is 26.7 Å². The molecule has 0 atom stereocenters. The Morgan fingerprint density at radius 3 is 2.39 bits per heavy atom. The molecule has 9 heteroatoms. The smallest absolute Gasteiger partial charge is 0.261 e. The maximum Gasteiger partial charge on any atom is 0.261 e. The number of methoxy groups -OCH3 is 1. The molecule has 162 valence electrons. The fraction of sp³-hybridized carbons (Fsp3) is 0.136. The van der Waals surface area contributed by atoms with Crippen molar-refractivity contribution in [3.63, 3.8) is 0 Å². The van der Waals surface area contributed by atoms with E-state index in [2.05, 4.69) is 10.0 Å². The average molecular weight is 446 g/mol. The predicted octanol–water partition coefficient (Wildman–Crippen LogP) is 3.75. The van der Waals surface area contributed by atoms with Crippen molar-refractivity contribution in [1.82, 2.24) is 5.32 Å². The Morgan fingerprint density at radius 1 is 0.968 bits per heavy atom. The van der Waals surface area contributed by atoms with Gasteiger partial charge in [-0.3, -0.25) is 9.52 Å². The number of ether oxygens (including phenoxy) is 1. The van der Waals surface area contributed by atoms with Crippen LogP contribution in [0.25, 0.3) is 0 Å². The third-order valence-corrected chi connectivity index (χ3v) is 5.82. The molecule has 3 rings (SSSR count). The molecule has 3 aromatic rings. The highest BCUT2D eigenvalue weighted by molar-refractivity contribution is 7.92. The topological polar surface area (TPSA) is 84.5 Å². The lowest BCUT2D eigenvalue weighted by atomic mass is 10.1. The number of nitrogens with one attached hydrogen (secondary N) is 2. The fourth-order valence-corrected chi connectivity index (χ4v) is 3.86. The molecule has 3 aromatic carbocycles. The number of rotatable bonds is 8. The van der Waals surface area contributed by atoms with Crippen LogP contribution >= 0.6 is 0 Å². The van der Waals surface area contributed by atoms with Crippen molar-refractivity contribution >= 4 is 21.6 Å². The summed E-state index contributed by atoms with van der Waals surface area (Å²) in [6.07, 6.45) is 0.609. The zero-order chi connectivity index (χ0) is 22.4. The SMILES string of the molecule is COc1ccc(CCNC(=O)c2cccc(NS(=O)(=O)c3ccc(F)c(F)c3)c2)cc1. The Balaban J connectivity index is 1.63. The number of anilines is 1. The highest BCUT2D eigenvalue weighted by Crippen LogP contribution is 2.19. The van der Waals surface area contributed by atoms with Gasteiger partial charge in [0.25, 0.3) is 15.9 Å². The molecule has 2 N–H and O–H groups in total. The van der Waals surface area contributed by atoms with Gasteiger partial charge in [-0.2, -0.15) is 0 Å². The summed E-state index contributed by atoms with van der Waals surface area (Å²) in [5, 5.41) is 2.77. The number of halogens is 2. The van der Waals surface area contributed by atoms with Crippen LogP contribution in [0.5, 0.6) is 5.75 Å². The summed E-state index contributed by atoms with van der Waals surface area (Å²) in [5.41, 5.74) is 1.39. The van der Waals surface area contributed by atoms with Gasteiger partial charge < -0.3 is 10.1 Å². The van der Waals surface area contributed by atoms with E-state index >= 15 is 0 Å². The van der Waals surface area contributed by atoms with E-state index in [-0.39, 0.29) is 17.2 Å². The minimum Gasteiger partial charge on any atom is -0.497 e. The van der Waals surface area contributed by atoms with Crippen molar-refractivity contribution in [2.75, 3.05) is 18.4 Å². The molecule has 0 spiro atoms. The molecule has 6 nitrogen and oxygen atoms in total. The average Bonchev–Trinajstić information content (AvgIpc) is 2.76. The van der Waals surface area contributed by atoms with Gasteiger partial charge in [0.05, 0.1) is 12.0 Å². The van der Waals surface area contributed by atoms with E-state index in [0.29, 0.717) is 19.0 Å². The zero-order valence-corrected chi connectivity index (χ0v) is 17.4. The first-order valence-corrected chi connectivity index (χ1v) is 10.8. The first kappa shape index (κ1) is 22.2. The largest absolute Gasteiger partial charge is 0.497 e. The second kappa shape index (κ2) is 9.57. The van der Waals surface area contributed by atoms with Gasteiger partial charge in [0.2, 0.25) is 0 Å². The van der Waals surface area contributed by atoms with Gasteiger partial charge in [0, 0.05) is 17.8 Å². The van der Waals surface area contributed by atoms with Crippen LogP contribution in [0.15, 0.2) is 71.6 Å². The highest BCUT2D eigenvalue weighted by atomic mass is 32.2. The minimum atomic E-state index is -4.15. The lowest BCUT2D eigenvalue weighted by Crippen LogP contribution is -2.25. The normalized spacial score (nSPS) is 11.1. The quantitative estimate of drug-likeness (QED) is 0.552. The fourth-order valence-electron chi connectivity index (χ4n) is 2.80. The van der Waals surface area contributed by atoms with Gasteiger partial charge in [-0.15, -0.1) is 0 Å². The molecule has 0 aromatic heterocycles. The van der Waals surface area contributed by atoms with Crippen LogP contribution in [-0.2, 0) is 16.4 Å². The number of hydrogen-bond donors (Lipinski definition) is 2. The van der Waals surface area contributed by atoms with Gasteiger partial charge in [-0.05, 0) is 60.5 Å².